The first-order valence-corrected chi connectivity index (χ1v) is 6.45. The normalized spacial score (nSPS) is 12.2. The van der Waals surface area contributed by atoms with Gasteiger partial charge in [-0.1, -0.05) is 13.8 Å². The molecule has 0 aliphatic carbocycles. The number of amides is 2. The van der Waals surface area contributed by atoms with Crippen LogP contribution in [0.4, 0.5) is 0 Å². The van der Waals surface area contributed by atoms with Crippen LogP contribution in [0.15, 0.2) is 0 Å². The summed E-state index contributed by atoms with van der Waals surface area (Å²) in [5.74, 6) is 0.0500. The van der Waals surface area contributed by atoms with Gasteiger partial charge in [0.15, 0.2) is 0 Å². The van der Waals surface area contributed by atoms with Gasteiger partial charge in [0.25, 0.3) is 5.91 Å². The molecule has 1 atom stereocenters. The minimum atomic E-state index is -0.666. The van der Waals surface area contributed by atoms with Crippen molar-refractivity contribution in [2.45, 2.75) is 32.7 Å². The molecule has 20 heavy (non-hydrogen) atoms. The minimum Gasteiger partial charge on any atom is -0.383 e. The molecule has 1 aromatic rings. The molecule has 2 amide bonds. The molecule has 112 valence electrons. The van der Waals surface area contributed by atoms with E-state index in [-0.39, 0.29) is 17.6 Å². The average Bonchev–Trinajstić information content (AvgIpc) is 2.88. The number of hydrogen-bond acceptors (Lipinski definition) is 5. The lowest BCUT2D eigenvalue weighted by Crippen LogP contribution is -2.45. The molecule has 8 nitrogen and oxygen atoms in total. The van der Waals surface area contributed by atoms with Crippen molar-refractivity contribution < 1.29 is 14.3 Å². The zero-order chi connectivity index (χ0) is 15.1. The quantitative estimate of drug-likeness (QED) is 0.601. The monoisotopic (exact) mass is 283 g/mol. The van der Waals surface area contributed by atoms with Gasteiger partial charge >= 0.3 is 0 Å². The SMILES string of the molecule is COCCNC(=O)C(C)NC(=O)c1n[nH]c(C(C)C)n1. The van der Waals surface area contributed by atoms with E-state index in [0.29, 0.717) is 19.0 Å². The van der Waals surface area contributed by atoms with E-state index in [9.17, 15) is 9.59 Å². The van der Waals surface area contributed by atoms with Gasteiger partial charge in [-0.05, 0) is 6.92 Å². The Kier molecular flexibility index (Phi) is 6.10. The van der Waals surface area contributed by atoms with E-state index in [1.165, 1.54) is 0 Å². The van der Waals surface area contributed by atoms with Crippen molar-refractivity contribution in [2.75, 3.05) is 20.3 Å². The fourth-order valence-electron chi connectivity index (χ4n) is 1.39. The predicted molar refractivity (Wildman–Crippen MR) is 72.3 cm³/mol. The summed E-state index contributed by atoms with van der Waals surface area (Å²) in [6.45, 7) is 6.29. The minimum absolute atomic E-state index is 0.0326. The van der Waals surface area contributed by atoms with Crippen LogP contribution in [0.2, 0.25) is 0 Å². The van der Waals surface area contributed by atoms with Gasteiger partial charge in [-0.15, -0.1) is 5.10 Å². The largest absolute Gasteiger partial charge is 0.383 e. The summed E-state index contributed by atoms with van der Waals surface area (Å²) in [6.07, 6.45) is 0. The smallest absolute Gasteiger partial charge is 0.291 e. The Balaban J connectivity index is 2.49. The molecule has 0 spiro atoms. The number of rotatable bonds is 7. The summed E-state index contributed by atoms with van der Waals surface area (Å²) < 4.78 is 4.82. The second kappa shape index (κ2) is 7.59. The third-order valence-electron chi connectivity index (χ3n) is 2.60. The maximum Gasteiger partial charge on any atom is 0.291 e. The van der Waals surface area contributed by atoms with Crippen molar-refractivity contribution in [1.82, 2.24) is 25.8 Å². The third kappa shape index (κ3) is 4.61. The highest BCUT2D eigenvalue weighted by atomic mass is 16.5. The van der Waals surface area contributed by atoms with Crippen molar-refractivity contribution >= 4 is 11.8 Å². The molecule has 1 aromatic heterocycles. The summed E-state index contributed by atoms with van der Waals surface area (Å²) in [4.78, 5) is 27.6. The number of carbonyl (C=O) groups excluding carboxylic acids is 2. The van der Waals surface area contributed by atoms with Gasteiger partial charge < -0.3 is 15.4 Å². The number of ether oxygens (including phenoxy) is 1. The number of hydrogen-bond donors (Lipinski definition) is 3. The molecule has 0 bridgehead atoms. The van der Waals surface area contributed by atoms with Crippen LogP contribution in [0.25, 0.3) is 0 Å². The highest BCUT2D eigenvalue weighted by Crippen LogP contribution is 2.07. The number of nitrogens with zero attached hydrogens (tertiary/aromatic N) is 2. The van der Waals surface area contributed by atoms with E-state index < -0.39 is 11.9 Å². The standard InChI is InChI=1S/C12H21N5O3/c1-7(2)9-15-10(17-16-9)12(19)14-8(3)11(18)13-5-6-20-4/h7-8H,5-6H2,1-4H3,(H,13,18)(H,14,19)(H,15,16,17). The zero-order valence-electron chi connectivity index (χ0n) is 12.2. The van der Waals surface area contributed by atoms with Crippen LogP contribution in [0, 0.1) is 0 Å². The Morgan fingerprint density at radius 2 is 2.05 bits per heavy atom. The Morgan fingerprint density at radius 3 is 2.60 bits per heavy atom. The Morgan fingerprint density at radius 1 is 1.35 bits per heavy atom. The van der Waals surface area contributed by atoms with Crippen molar-refractivity contribution in [3.8, 4) is 0 Å². The Hall–Kier alpha value is -1.96. The fourth-order valence-corrected chi connectivity index (χ4v) is 1.39. The molecule has 0 saturated heterocycles. The van der Waals surface area contributed by atoms with E-state index in [0.717, 1.165) is 0 Å². The number of aromatic nitrogens is 3. The first-order valence-electron chi connectivity index (χ1n) is 6.45. The molecule has 0 aliphatic rings. The van der Waals surface area contributed by atoms with Crippen LogP contribution in [-0.4, -0.2) is 53.3 Å². The molecule has 3 N–H and O–H groups in total. The van der Waals surface area contributed by atoms with Gasteiger partial charge in [0.05, 0.1) is 6.61 Å². The summed E-state index contributed by atoms with van der Waals surface area (Å²) in [6, 6.07) is -0.666. The van der Waals surface area contributed by atoms with E-state index in [1.54, 1.807) is 14.0 Å². The first-order chi connectivity index (χ1) is 9.45. The van der Waals surface area contributed by atoms with Crippen molar-refractivity contribution in [3.63, 3.8) is 0 Å². The van der Waals surface area contributed by atoms with Crippen LogP contribution in [0.5, 0.6) is 0 Å². The lowest BCUT2D eigenvalue weighted by molar-refractivity contribution is -0.122. The van der Waals surface area contributed by atoms with Gasteiger partial charge in [0.1, 0.15) is 11.9 Å². The second-order valence-electron chi connectivity index (χ2n) is 4.68. The lowest BCUT2D eigenvalue weighted by atomic mass is 10.2. The van der Waals surface area contributed by atoms with Crippen LogP contribution in [0.1, 0.15) is 43.1 Å². The summed E-state index contributed by atoms with van der Waals surface area (Å²) in [5, 5.41) is 11.7. The number of aromatic amines is 1. The molecular formula is C12H21N5O3. The van der Waals surface area contributed by atoms with E-state index in [4.69, 9.17) is 4.74 Å². The van der Waals surface area contributed by atoms with Crippen LogP contribution < -0.4 is 10.6 Å². The van der Waals surface area contributed by atoms with E-state index in [2.05, 4.69) is 25.8 Å². The molecule has 8 heteroatoms. The van der Waals surface area contributed by atoms with Gasteiger partial charge in [0.2, 0.25) is 11.7 Å². The molecule has 0 aromatic carbocycles. The van der Waals surface area contributed by atoms with Gasteiger partial charge in [-0.2, -0.15) is 0 Å². The zero-order valence-corrected chi connectivity index (χ0v) is 12.2. The molecule has 0 fully saturated rings. The Labute approximate surface area is 117 Å². The second-order valence-corrected chi connectivity index (χ2v) is 4.68. The number of methoxy groups -OCH3 is 1. The molecule has 0 radical (unpaired) electrons. The molecule has 1 unspecified atom stereocenters. The van der Waals surface area contributed by atoms with Gasteiger partial charge in [-0.25, -0.2) is 4.98 Å². The first kappa shape index (κ1) is 16.1. The molecule has 1 heterocycles. The summed E-state index contributed by atoms with van der Waals surface area (Å²) >= 11 is 0. The maximum atomic E-state index is 11.9. The number of H-pyrrole nitrogens is 1. The Bertz CT molecular complexity index is 458. The van der Waals surface area contributed by atoms with E-state index in [1.807, 2.05) is 13.8 Å². The maximum absolute atomic E-state index is 11.9. The van der Waals surface area contributed by atoms with Crippen molar-refractivity contribution in [2.24, 2.45) is 0 Å². The number of carbonyl (C=O) groups is 2. The number of nitrogens with one attached hydrogen (secondary N) is 3. The van der Waals surface area contributed by atoms with E-state index >= 15 is 0 Å². The predicted octanol–water partition coefficient (Wildman–Crippen LogP) is -0.191. The summed E-state index contributed by atoms with van der Waals surface area (Å²) in [5.41, 5.74) is 0. The highest BCUT2D eigenvalue weighted by molar-refractivity contribution is 5.94. The summed E-state index contributed by atoms with van der Waals surface area (Å²) in [7, 11) is 1.55. The third-order valence-corrected chi connectivity index (χ3v) is 2.60. The van der Waals surface area contributed by atoms with Crippen molar-refractivity contribution in [3.05, 3.63) is 11.6 Å². The lowest BCUT2D eigenvalue weighted by Gasteiger charge is -2.12. The molecule has 0 aliphatic heterocycles. The van der Waals surface area contributed by atoms with Crippen LogP contribution in [0.3, 0.4) is 0 Å². The van der Waals surface area contributed by atoms with Crippen LogP contribution >= 0.6 is 0 Å². The molecule has 0 saturated carbocycles. The van der Waals surface area contributed by atoms with Crippen molar-refractivity contribution in [1.29, 1.82) is 0 Å². The topological polar surface area (TPSA) is 109 Å². The van der Waals surface area contributed by atoms with Gasteiger partial charge in [0, 0.05) is 19.6 Å². The molecule has 1 rings (SSSR count). The van der Waals surface area contributed by atoms with Gasteiger partial charge in [-0.3, -0.25) is 14.7 Å². The fraction of sp³-hybridized carbons (Fsp3) is 0.667. The highest BCUT2D eigenvalue weighted by Gasteiger charge is 2.19. The average molecular weight is 283 g/mol. The van der Waals surface area contributed by atoms with Crippen LogP contribution in [-0.2, 0) is 9.53 Å². The molecular weight excluding hydrogens is 262 g/mol.